The Balaban J connectivity index is 3.34. The lowest BCUT2D eigenvalue weighted by Gasteiger charge is -2.22. The van der Waals surface area contributed by atoms with Crippen LogP contribution in [0.3, 0.4) is 0 Å². The van der Waals surface area contributed by atoms with Gasteiger partial charge in [-0.1, -0.05) is 449 Å². The van der Waals surface area contributed by atoms with Gasteiger partial charge < -0.3 is 20.3 Å². The summed E-state index contributed by atoms with van der Waals surface area (Å²) in [6.07, 6.45) is 107. The standard InChI is InChI=1S/C87H169NO5/c1-3-5-7-9-11-13-15-17-19-21-22-42-45-48-51-55-59-63-67-71-75-79-85(90)84(83-89)88-86(91)80-76-72-68-64-60-56-52-49-46-43-40-38-36-34-32-30-28-26-24-23-25-27-29-31-33-35-37-39-41-44-47-50-54-58-62-66-70-74-78-82-93-87(92)81-77-73-69-65-61-57-53-20-18-16-14-12-10-8-6-4-2/h23-24,27,29,84-85,89-90H,3-22,25-26,28,30-83H2,1-2H3,(H,88,91)/b24-23-,29-27-. The maximum atomic E-state index is 12.6. The van der Waals surface area contributed by atoms with E-state index < -0.39 is 12.1 Å². The molecule has 0 aromatic carbocycles. The van der Waals surface area contributed by atoms with Gasteiger partial charge in [0.1, 0.15) is 0 Å². The second kappa shape index (κ2) is 82.8. The zero-order valence-corrected chi connectivity index (χ0v) is 63.5. The van der Waals surface area contributed by atoms with Gasteiger partial charge in [0, 0.05) is 12.8 Å². The van der Waals surface area contributed by atoms with Gasteiger partial charge in [-0.25, -0.2) is 0 Å². The van der Waals surface area contributed by atoms with Crippen molar-refractivity contribution in [1.29, 1.82) is 0 Å². The minimum absolute atomic E-state index is 0.0250. The number of allylic oxidation sites excluding steroid dienone is 4. The number of hydrogen-bond donors (Lipinski definition) is 3. The SMILES string of the molecule is CCCCCCCCCCCCCCCCCCCCCCCC(O)C(CO)NC(=O)CCCCCCCCCCCCCCCCCCC/C=C\C/C=C\CCCCCCCCCCCCCCCCCOC(=O)CCCCCCCCCCCCCCCCCC. The third kappa shape index (κ3) is 79.2. The van der Waals surface area contributed by atoms with Gasteiger partial charge >= 0.3 is 5.97 Å². The molecule has 0 aliphatic carbocycles. The third-order valence-electron chi connectivity index (χ3n) is 20.5. The van der Waals surface area contributed by atoms with Crippen molar-refractivity contribution in [2.75, 3.05) is 13.2 Å². The van der Waals surface area contributed by atoms with Crippen molar-refractivity contribution in [2.45, 2.75) is 508 Å². The highest BCUT2D eigenvalue weighted by Gasteiger charge is 2.20. The van der Waals surface area contributed by atoms with Gasteiger partial charge in [-0.05, 0) is 57.8 Å². The molecular weight excluding hydrogens is 1140 g/mol. The molecule has 0 bridgehead atoms. The normalized spacial score (nSPS) is 12.5. The van der Waals surface area contributed by atoms with E-state index in [4.69, 9.17) is 4.74 Å². The van der Waals surface area contributed by atoms with Crippen LogP contribution in [0.2, 0.25) is 0 Å². The lowest BCUT2D eigenvalue weighted by molar-refractivity contribution is -0.143. The maximum Gasteiger partial charge on any atom is 0.305 e. The predicted octanol–water partition coefficient (Wildman–Crippen LogP) is 28.8. The Morgan fingerprint density at radius 2 is 0.538 bits per heavy atom. The second-order valence-corrected chi connectivity index (χ2v) is 29.9. The van der Waals surface area contributed by atoms with Gasteiger partial charge in [-0.3, -0.25) is 9.59 Å². The van der Waals surface area contributed by atoms with Crippen LogP contribution in [0.5, 0.6) is 0 Å². The molecule has 6 nitrogen and oxygen atoms in total. The van der Waals surface area contributed by atoms with E-state index in [1.165, 1.54) is 417 Å². The first-order chi connectivity index (χ1) is 46.0. The minimum Gasteiger partial charge on any atom is -0.466 e. The summed E-state index contributed by atoms with van der Waals surface area (Å²) in [5.74, 6) is -0.00121. The van der Waals surface area contributed by atoms with E-state index in [9.17, 15) is 19.8 Å². The molecule has 93 heavy (non-hydrogen) atoms. The van der Waals surface area contributed by atoms with Crippen LogP contribution in [-0.4, -0.2) is 47.4 Å². The smallest absolute Gasteiger partial charge is 0.305 e. The Morgan fingerprint density at radius 1 is 0.301 bits per heavy atom. The number of unbranched alkanes of at least 4 members (excludes halogenated alkanes) is 67. The largest absolute Gasteiger partial charge is 0.466 e. The fraction of sp³-hybridized carbons (Fsp3) is 0.931. The summed E-state index contributed by atoms with van der Waals surface area (Å²) in [4.78, 5) is 24.7. The number of ether oxygens (including phenoxy) is 1. The average molecular weight is 1310 g/mol. The highest BCUT2D eigenvalue weighted by Crippen LogP contribution is 2.21. The first kappa shape index (κ1) is 91.3. The van der Waals surface area contributed by atoms with E-state index in [1.807, 2.05) is 0 Å². The van der Waals surface area contributed by atoms with Crippen molar-refractivity contribution in [2.24, 2.45) is 0 Å². The number of hydrogen-bond acceptors (Lipinski definition) is 5. The van der Waals surface area contributed by atoms with Crippen molar-refractivity contribution in [1.82, 2.24) is 5.32 Å². The van der Waals surface area contributed by atoms with Gasteiger partial charge in [0.25, 0.3) is 0 Å². The molecule has 0 saturated carbocycles. The Kier molecular flexibility index (Phi) is 81.3. The summed E-state index contributed by atoms with van der Waals surface area (Å²) in [7, 11) is 0. The molecule has 0 rings (SSSR count). The molecule has 3 N–H and O–H groups in total. The zero-order valence-electron chi connectivity index (χ0n) is 63.5. The number of nitrogens with one attached hydrogen (secondary N) is 1. The number of carbonyl (C=O) groups is 2. The van der Waals surface area contributed by atoms with Crippen LogP contribution in [0.4, 0.5) is 0 Å². The van der Waals surface area contributed by atoms with E-state index in [0.717, 1.165) is 44.9 Å². The van der Waals surface area contributed by atoms with Crippen LogP contribution in [0.1, 0.15) is 495 Å². The maximum absolute atomic E-state index is 12.6. The van der Waals surface area contributed by atoms with Crippen LogP contribution in [0.25, 0.3) is 0 Å². The minimum atomic E-state index is -0.663. The highest BCUT2D eigenvalue weighted by atomic mass is 16.5. The average Bonchev–Trinajstić information content (AvgIpc) is 3.64. The molecule has 0 saturated heterocycles. The fourth-order valence-corrected chi connectivity index (χ4v) is 14.0. The van der Waals surface area contributed by atoms with E-state index >= 15 is 0 Å². The lowest BCUT2D eigenvalue weighted by atomic mass is 10.0. The molecule has 0 spiro atoms. The molecule has 0 aromatic rings. The molecule has 0 radical (unpaired) electrons. The van der Waals surface area contributed by atoms with Crippen molar-refractivity contribution < 1.29 is 24.5 Å². The Morgan fingerprint density at radius 3 is 0.817 bits per heavy atom. The van der Waals surface area contributed by atoms with Crippen molar-refractivity contribution in [3.63, 3.8) is 0 Å². The Labute approximate surface area is 583 Å². The molecule has 0 heterocycles. The molecule has 6 heteroatoms. The molecule has 0 aliphatic rings. The van der Waals surface area contributed by atoms with Crippen LogP contribution >= 0.6 is 0 Å². The highest BCUT2D eigenvalue weighted by molar-refractivity contribution is 5.76. The summed E-state index contributed by atoms with van der Waals surface area (Å²) >= 11 is 0. The summed E-state index contributed by atoms with van der Waals surface area (Å²) < 4.78 is 5.51. The van der Waals surface area contributed by atoms with E-state index in [-0.39, 0.29) is 18.5 Å². The molecule has 1 amide bonds. The Hall–Kier alpha value is -1.66. The third-order valence-corrected chi connectivity index (χ3v) is 20.5. The topological polar surface area (TPSA) is 95.9 Å². The number of rotatable bonds is 82. The molecule has 2 unspecified atom stereocenters. The van der Waals surface area contributed by atoms with E-state index in [2.05, 4.69) is 43.5 Å². The summed E-state index contributed by atoms with van der Waals surface area (Å²) in [5.41, 5.74) is 0. The van der Waals surface area contributed by atoms with Gasteiger partial charge in [0.2, 0.25) is 5.91 Å². The number of aliphatic hydroxyl groups is 2. The number of carbonyl (C=O) groups excluding carboxylic acids is 2. The Bertz CT molecular complexity index is 1460. The van der Waals surface area contributed by atoms with Gasteiger partial charge in [0.05, 0.1) is 25.4 Å². The molecule has 2 atom stereocenters. The first-order valence-corrected chi connectivity index (χ1v) is 43.1. The monoisotopic (exact) mass is 1310 g/mol. The number of esters is 1. The molecule has 0 fully saturated rings. The number of aliphatic hydroxyl groups excluding tert-OH is 2. The van der Waals surface area contributed by atoms with E-state index in [1.54, 1.807) is 0 Å². The van der Waals surface area contributed by atoms with Crippen molar-refractivity contribution in [3.8, 4) is 0 Å². The van der Waals surface area contributed by atoms with Crippen molar-refractivity contribution >= 4 is 11.9 Å². The fourth-order valence-electron chi connectivity index (χ4n) is 14.0. The second-order valence-electron chi connectivity index (χ2n) is 29.9. The molecule has 0 aromatic heterocycles. The lowest BCUT2D eigenvalue weighted by Crippen LogP contribution is -2.45. The first-order valence-electron chi connectivity index (χ1n) is 43.1. The van der Waals surface area contributed by atoms with Gasteiger partial charge in [0.15, 0.2) is 0 Å². The summed E-state index contributed by atoms with van der Waals surface area (Å²) in [6, 6.07) is -0.540. The molecule has 0 aliphatic heterocycles. The summed E-state index contributed by atoms with van der Waals surface area (Å²) in [6.45, 7) is 5.02. The van der Waals surface area contributed by atoms with Gasteiger partial charge in [-0.15, -0.1) is 0 Å². The van der Waals surface area contributed by atoms with E-state index in [0.29, 0.717) is 25.9 Å². The zero-order chi connectivity index (χ0) is 67.0. The van der Waals surface area contributed by atoms with Crippen LogP contribution in [0.15, 0.2) is 24.3 Å². The quantitative estimate of drug-likeness (QED) is 0.0320. The summed E-state index contributed by atoms with van der Waals surface area (Å²) in [5, 5.41) is 23.5. The number of amides is 1. The van der Waals surface area contributed by atoms with Gasteiger partial charge in [-0.2, -0.15) is 0 Å². The molecular formula is C87H169NO5. The van der Waals surface area contributed by atoms with Crippen LogP contribution in [0, 0.1) is 0 Å². The van der Waals surface area contributed by atoms with Crippen LogP contribution in [-0.2, 0) is 14.3 Å². The van der Waals surface area contributed by atoms with Crippen molar-refractivity contribution in [3.05, 3.63) is 24.3 Å². The predicted molar refractivity (Wildman–Crippen MR) is 412 cm³/mol. The molecule has 552 valence electrons. The van der Waals surface area contributed by atoms with Crippen LogP contribution < -0.4 is 5.32 Å².